The van der Waals surface area contributed by atoms with Crippen LogP contribution in [0, 0.1) is 0 Å². The molecule has 2 atom stereocenters. The van der Waals surface area contributed by atoms with E-state index in [9.17, 15) is 4.79 Å². The molecule has 2 unspecified atom stereocenters. The third-order valence-electron chi connectivity index (χ3n) is 4.46. The van der Waals surface area contributed by atoms with Crippen LogP contribution in [0.15, 0.2) is 24.3 Å². The molecule has 0 saturated carbocycles. The Kier molecular flexibility index (Phi) is 1.82. The zero-order valence-electron chi connectivity index (χ0n) is 9.80. The van der Waals surface area contributed by atoms with Crippen molar-refractivity contribution in [1.29, 1.82) is 0 Å². The summed E-state index contributed by atoms with van der Waals surface area (Å²) in [7, 11) is 0. The molecule has 0 spiro atoms. The number of carbonyl (C=O) groups is 1. The Bertz CT molecular complexity index is 485. The molecular weight excluding hydrogens is 212 g/mol. The highest BCUT2D eigenvalue weighted by atomic mass is 16.2. The van der Waals surface area contributed by atoms with Crippen molar-refractivity contribution in [2.24, 2.45) is 0 Å². The molecule has 3 aliphatic heterocycles. The van der Waals surface area contributed by atoms with Crippen LogP contribution in [0.3, 0.4) is 0 Å². The van der Waals surface area contributed by atoms with Gasteiger partial charge in [0.05, 0.1) is 12.1 Å². The Morgan fingerprint density at radius 2 is 2.00 bits per heavy atom. The first-order valence-corrected chi connectivity index (χ1v) is 6.54. The summed E-state index contributed by atoms with van der Waals surface area (Å²) in [5, 5.41) is 0. The molecule has 0 radical (unpaired) electrons. The molecule has 3 aliphatic rings. The van der Waals surface area contributed by atoms with Crippen LogP contribution in [0.5, 0.6) is 0 Å². The van der Waals surface area contributed by atoms with Crippen molar-refractivity contribution in [2.75, 3.05) is 11.4 Å². The van der Waals surface area contributed by atoms with Gasteiger partial charge in [-0.1, -0.05) is 18.2 Å². The van der Waals surface area contributed by atoms with Crippen molar-refractivity contribution < 1.29 is 4.79 Å². The Morgan fingerprint density at radius 1 is 1.12 bits per heavy atom. The van der Waals surface area contributed by atoms with Crippen LogP contribution in [-0.2, 0) is 6.42 Å². The molecule has 4 rings (SSSR count). The van der Waals surface area contributed by atoms with Crippen LogP contribution < -0.4 is 4.90 Å². The molecule has 2 saturated heterocycles. The Morgan fingerprint density at radius 3 is 2.94 bits per heavy atom. The fraction of sp³-hybridized carbons (Fsp3) is 0.500. The van der Waals surface area contributed by atoms with Gasteiger partial charge in [-0.3, -0.25) is 4.90 Å². The smallest absolute Gasteiger partial charge is 0.319 e. The summed E-state index contributed by atoms with van der Waals surface area (Å²) in [5.74, 6) is 0. The monoisotopic (exact) mass is 228 g/mol. The van der Waals surface area contributed by atoms with Gasteiger partial charge < -0.3 is 4.90 Å². The standard InChI is InChI=1S/C14H16N2O/c17-14-15-8-4-3-7-12(15)13-9-10-5-1-2-6-11(10)16(13)14/h1-2,5-6,12-13H,3-4,7-9H2. The second kappa shape index (κ2) is 3.25. The van der Waals surface area contributed by atoms with Crippen molar-refractivity contribution in [3.05, 3.63) is 29.8 Å². The van der Waals surface area contributed by atoms with Gasteiger partial charge in [0.1, 0.15) is 0 Å². The Hall–Kier alpha value is -1.51. The molecule has 0 bridgehead atoms. The SMILES string of the molecule is O=C1N2CCCCC2C2Cc3ccccc3N12. The van der Waals surface area contributed by atoms with Crippen LogP contribution in [0.2, 0.25) is 0 Å². The van der Waals surface area contributed by atoms with Gasteiger partial charge in [0, 0.05) is 12.2 Å². The number of nitrogens with zero attached hydrogens (tertiary/aromatic N) is 2. The summed E-state index contributed by atoms with van der Waals surface area (Å²) < 4.78 is 0. The van der Waals surface area contributed by atoms with Crippen molar-refractivity contribution >= 4 is 11.7 Å². The quantitative estimate of drug-likeness (QED) is 0.669. The van der Waals surface area contributed by atoms with Gasteiger partial charge in [-0.25, -0.2) is 4.79 Å². The second-order valence-electron chi connectivity index (χ2n) is 5.31. The van der Waals surface area contributed by atoms with Crippen LogP contribution in [-0.4, -0.2) is 29.6 Å². The van der Waals surface area contributed by atoms with Crippen LogP contribution >= 0.6 is 0 Å². The summed E-state index contributed by atoms with van der Waals surface area (Å²) >= 11 is 0. The minimum absolute atomic E-state index is 0.240. The zero-order valence-corrected chi connectivity index (χ0v) is 9.80. The fourth-order valence-corrected chi connectivity index (χ4v) is 3.70. The number of hydrogen-bond acceptors (Lipinski definition) is 1. The summed E-state index contributed by atoms with van der Waals surface area (Å²) in [6.45, 7) is 0.957. The number of fused-ring (bicyclic) bond motifs is 5. The van der Waals surface area contributed by atoms with Gasteiger partial charge >= 0.3 is 6.03 Å². The molecule has 1 aromatic rings. The average molecular weight is 228 g/mol. The number of benzene rings is 1. The molecule has 1 aromatic carbocycles. The number of carbonyl (C=O) groups excluding carboxylic acids is 1. The molecule has 3 heterocycles. The van der Waals surface area contributed by atoms with E-state index in [0.717, 1.165) is 18.7 Å². The molecule has 2 amide bonds. The molecule has 17 heavy (non-hydrogen) atoms. The lowest BCUT2D eigenvalue weighted by Crippen LogP contribution is -2.40. The third kappa shape index (κ3) is 1.14. The van der Waals surface area contributed by atoms with E-state index in [4.69, 9.17) is 0 Å². The number of urea groups is 1. The van der Waals surface area contributed by atoms with Gasteiger partial charge in [0.15, 0.2) is 0 Å². The summed E-state index contributed by atoms with van der Waals surface area (Å²) in [4.78, 5) is 16.6. The molecule has 0 N–H and O–H groups in total. The molecule has 88 valence electrons. The Balaban J connectivity index is 1.79. The molecule has 0 aromatic heterocycles. The second-order valence-corrected chi connectivity index (χ2v) is 5.31. The summed E-state index contributed by atoms with van der Waals surface area (Å²) in [6, 6.07) is 9.46. The van der Waals surface area contributed by atoms with Crippen molar-refractivity contribution in [3.8, 4) is 0 Å². The first kappa shape index (κ1) is 9.51. The number of amides is 2. The Labute approximate surface area is 101 Å². The van der Waals surface area contributed by atoms with E-state index >= 15 is 0 Å². The fourth-order valence-electron chi connectivity index (χ4n) is 3.70. The van der Waals surface area contributed by atoms with Crippen LogP contribution in [0.1, 0.15) is 24.8 Å². The number of anilines is 1. The van der Waals surface area contributed by atoms with Crippen molar-refractivity contribution in [1.82, 2.24) is 4.90 Å². The van der Waals surface area contributed by atoms with Gasteiger partial charge in [-0.15, -0.1) is 0 Å². The topological polar surface area (TPSA) is 23.6 Å². The lowest BCUT2D eigenvalue weighted by molar-refractivity contribution is 0.179. The molecule has 3 heteroatoms. The lowest BCUT2D eigenvalue weighted by Gasteiger charge is -2.30. The highest BCUT2D eigenvalue weighted by Crippen LogP contribution is 2.42. The lowest BCUT2D eigenvalue weighted by atomic mass is 9.95. The van der Waals surface area contributed by atoms with Gasteiger partial charge in [0.25, 0.3) is 0 Å². The van der Waals surface area contributed by atoms with Crippen molar-refractivity contribution in [2.45, 2.75) is 37.8 Å². The number of rotatable bonds is 0. The minimum atomic E-state index is 0.240. The molecule has 2 fully saturated rings. The zero-order chi connectivity index (χ0) is 11.4. The van der Waals surface area contributed by atoms with E-state index in [1.165, 1.54) is 24.8 Å². The van der Waals surface area contributed by atoms with E-state index in [1.807, 2.05) is 11.0 Å². The summed E-state index contributed by atoms with van der Waals surface area (Å²) in [6.07, 6.45) is 4.67. The van der Waals surface area contributed by atoms with Crippen molar-refractivity contribution in [3.63, 3.8) is 0 Å². The predicted octanol–water partition coefficient (Wildman–Crippen LogP) is 2.41. The molecular formula is C14H16N2O. The average Bonchev–Trinajstić information content (AvgIpc) is 2.88. The first-order chi connectivity index (χ1) is 8.36. The number of hydrogen-bond donors (Lipinski definition) is 0. The molecule has 0 aliphatic carbocycles. The van der Waals surface area contributed by atoms with E-state index in [0.29, 0.717) is 12.1 Å². The number of para-hydroxylation sites is 1. The van der Waals surface area contributed by atoms with E-state index < -0.39 is 0 Å². The van der Waals surface area contributed by atoms with Gasteiger partial charge in [-0.2, -0.15) is 0 Å². The maximum atomic E-state index is 12.4. The van der Waals surface area contributed by atoms with Crippen LogP contribution in [0.25, 0.3) is 0 Å². The normalized spacial score (nSPS) is 30.2. The highest BCUT2D eigenvalue weighted by molar-refractivity contribution is 5.98. The summed E-state index contributed by atoms with van der Waals surface area (Å²) in [5.41, 5.74) is 2.49. The first-order valence-electron chi connectivity index (χ1n) is 6.54. The van der Waals surface area contributed by atoms with Crippen LogP contribution in [0.4, 0.5) is 10.5 Å². The van der Waals surface area contributed by atoms with E-state index in [1.54, 1.807) is 0 Å². The maximum Gasteiger partial charge on any atom is 0.325 e. The van der Waals surface area contributed by atoms with E-state index in [-0.39, 0.29) is 6.03 Å². The minimum Gasteiger partial charge on any atom is -0.319 e. The highest BCUT2D eigenvalue weighted by Gasteiger charge is 2.50. The van der Waals surface area contributed by atoms with Gasteiger partial charge in [0.2, 0.25) is 0 Å². The van der Waals surface area contributed by atoms with Gasteiger partial charge in [-0.05, 0) is 37.3 Å². The largest absolute Gasteiger partial charge is 0.325 e. The van der Waals surface area contributed by atoms with E-state index in [2.05, 4.69) is 23.1 Å². The third-order valence-corrected chi connectivity index (χ3v) is 4.46. The number of piperidine rings is 1. The maximum absolute atomic E-state index is 12.4. The molecule has 3 nitrogen and oxygen atoms in total. The predicted molar refractivity (Wildman–Crippen MR) is 66.2 cm³/mol.